The van der Waals surface area contributed by atoms with E-state index in [0.29, 0.717) is 18.4 Å². The Bertz CT molecular complexity index is 997. The van der Waals surface area contributed by atoms with Crippen LogP contribution in [-0.4, -0.2) is 41.8 Å². The van der Waals surface area contributed by atoms with Gasteiger partial charge in [0.1, 0.15) is 11.3 Å². The Kier molecular flexibility index (Phi) is 5.97. The zero-order valence-corrected chi connectivity index (χ0v) is 18.2. The van der Waals surface area contributed by atoms with E-state index in [1.165, 1.54) is 0 Å². The number of urea groups is 1. The lowest BCUT2D eigenvalue weighted by Crippen LogP contribution is -2.44. The highest BCUT2D eigenvalue weighted by Gasteiger charge is 2.47. The van der Waals surface area contributed by atoms with Gasteiger partial charge >= 0.3 is 6.03 Å². The molecule has 6 heteroatoms. The van der Waals surface area contributed by atoms with Crippen LogP contribution in [0.15, 0.2) is 36.4 Å². The second-order valence-corrected chi connectivity index (χ2v) is 8.18. The number of methoxy groups -OCH3 is 1. The van der Waals surface area contributed by atoms with E-state index < -0.39 is 11.6 Å². The minimum atomic E-state index is -1.03. The second kappa shape index (κ2) is 8.30. The summed E-state index contributed by atoms with van der Waals surface area (Å²) in [5, 5.41) is 2.78. The van der Waals surface area contributed by atoms with Gasteiger partial charge in [-0.25, -0.2) is 4.79 Å². The van der Waals surface area contributed by atoms with Crippen molar-refractivity contribution in [2.75, 3.05) is 13.7 Å². The van der Waals surface area contributed by atoms with Crippen LogP contribution in [0.2, 0.25) is 0 Å². The standard InChI is InChI=1S/C24H28N2O4/c1-15-12-17(3)20(13-16(15)2)21(27)14-26-22(28)24(4,25-23(26)29)11-10-18-6-8-19(30-5)9-7-18/h6-9,12-13H,10-11,14H2,1-5H3,(H,25,29)/t24-/m1/s1. The van der Waals surface area contributed by atoms with E-state index in [1.54, 1.807) is 14.0 Å². The van der Waals surface area contributed by atoms with Gasteiger partial charge in [-0.05, 0) is 81.0 Å². The highest BCUT2D eigenvalue weighted by molar-refractivity contribution is 6.11. The maximum absolute atomic E-state index is 13.0. The molecule has 0 bridgehead atoms. The molecule has 1 N–H and O–H groups in total. The first-order valence-corrected chi connectivity index (χ1v) is 10.0. The monoisotopic (exact) mass is 408 g/mol. The number of nitrogens with one attached hydrogen (secondary N) is 1. The number of aryl methyl sites for hydroxylation is 4. The number of carbonyl (C=O) groups is 3. The fourth-order valence-electron chi connectivity index (χ4n) is 3.74. The van der Waals surface area contributed by atoms with Crippen LogP contribution in [0.5, 0.6) is 5.75 Å². The summed E-state index contributed by atoms with van der Waals surface area (Å²) in [5.41, 5.74) is 3.51. The van der Waals surface area contributed by atoms with Crippen molar-refractivity contribution in [2.45, 2.75) is 46.1 Å². The maximum Gasteiger partial charge on any atom is 0.325 e. The lowest BCUT2D eigenvalue weighted by Gasteiger charge is -2.21. The summed E-state index contributed by atoms with van der Waals surface area (Å²) in [6, 6.07) is 10.9. The van der Waals surface area contributed by atoms with Crippen molar-refractivity contribution in [3.05, 3.63) is 64.2 Å². The molecule has 0 aliphatic carbocycles. The number of amides is 3. The fourth-order valence-corrected chi connectivity index (χ4v) is 3.74. The number of hydrogen-bond donors (Lipinski definition) is 1. The van der Waals surface area contributed by atoms with E-state index in [-0.39, 0.29) is 18.2 Å². The number of ether oxygens (including phenoxy) is 1. The van der Waals surface area contributed by atoms with E-state index in [4.69, 9.17) is 4.74 Å². The van der Waals surface area contributed by atoms with Crippen molar-refractivity contribution in [2.24, 2.45) is 0 Å². The molecule has 3 rings (SSSR count). The van der Waals surface area contributed by atoms with Crippen LogP contribution in [0.1, 0.15) is 46.0 Å². The van der Waals surface area contributed by atoms with Crippen LogP contribution in [0.25, 0.3) is 0 Å². The Balaban J connectivity index is 1.70. The molecule has 6 nitrogen and oxygen atoms in total. The van der Waals surface area contributed by atoms with Gasteiger partial charge < -0.3 is 10.1 Å². The summed E-state index contributed by atoms with van der Waals surface area (Å²) >= 11 is 0. The van der Waals surface area contributed by atoms with Gasteiger partial charge in [0.15, 0.2) is 5.78 Å². The molecule has 1 atom stereocenters. The minimum Gasteiger partial charge on any atom is -0.497 e. The molecule has 0 saturated carbocycles. The van der Waals surface area contributed by atoms with Crippen molar-refractivity contribution >= 4 is 17.7 Å². The average Bonchev–Trinajstić information content (AvgIpc) is 2.93. The molecule has 2 aromatic carbocycles. The molecule has 0 unspecified atom stereocenters. The number of carbonyl (C=O) groups excluding carboxylic acids is 3. The zero-order chi connectivity index (χ0) is 22.1. The summed E-state index contributed by atoms with van der Waals surface area (Å²) in [7, 11) is 1.61. The van der Waals surface area contributed by atoms with Gasteiger partial charge in [-0.2, -0.15) is 0 Å². The number of imide groups is 1. The smallest absolute Gasteiger partial charge is 0.325 e. The first-order valence-electron chi connectivity index (χ1n) is 10.0. The Morgan fingerprint density at radius 2 is 1.67 bits per heavy atom. The summed E-state index contributed by atoms with van der Waals surface area (Å²) in [4.78, 5) is 39.4. The Hall–Kier alpha value is -3.15. The summed E-state index contributed by atoms with van der Waals surface area (Å²) < 4.78 is 5.16. The topological polar surface area (TPSA) is 75.7 Å². The van der Waals surface area contributed by atoms with Crippen molar-refractivity contribution in [1.29, 1.82) is 0 Å². The van der Waals surface area contributed by atoms with Crippen molar-refractivity contribution in [3.8, 4) is 5.75 Å². The molecule has 1 heterocycles. The molecule has 1 fully saturated rings. The van der Waals surface area contributed by atoms with Gasteiger partial charge in [0.05, 0.1) is 13.7 Å². The fraction of sp³-hybridized carbons (Fsp3) is 0.375. The molecule has 1 aliphatic heterocycles. The number of benzene rings is 2. The van der Waals surface area contributed by atoms with Gasteiger partial charge in [0.25, 0.3) is 5.91 Å². The molecule has 1 aliphatic rings. The first kappa shape index (κ1) is 21.6. The molecular weight excluding hydrogens is 380 g/mol. The maximum atomic E-state index is 13.0. The predicted molar refractivity (Wildman–Crippen MR) is 115 cm³/mol. The third kappa shape index (κ3) is 4.22. The molecule has 0 spiro atoms. The summed E-state index contributed by atoms with van der Waals surface area (Å²) in [6.45, 7) is 7.25. The van der Waals surface area contributed by atoms with Crippen LogP contribution in [0.3, 0.4) is 0 Å². The van der Waals surface area contributed by atoms with E-state index in [0.717, 1.165) is 32.9 Å². The molecule has 3 amide bonds. The van der Waals surface area contributed by atoms with Crippen LogP contribution >= 0.6 is 0 Å². The number of Topliss-reactive ketones (excluding diaryl/α,β-unsaturated/α-hetero) is 1. The Morgan fingerprint density at radius 1 is 1.03 bits per heavy atom. The summed E-state index contributed by atoms with van der Waals surface area (Å²) in [5.74, 6) is 0.163. The largest absolute Gasteiger partial charge is 0.497 e. The van der Waals surface area contributed by atoms with Gasteiger partial charge in [-0.1, -0.05) is 18.2 Å². The van der Waals surface area contributed by atoms with Gasteiger partial charge in [-0.15, -0.1) is 0 Å². The van der Waals surface area contributed by atoms with E-state index >= 15 is 0 Å². The van der Waals surface area contributed by atoms with E-state index in [1.807, 2.05) is 57.2 Å². The number of ketones is 1. The molecular formula is C24H28N2O4. The molecule has 158 valence electrons. The second-order valence-electron chi connectivity index (χ2n) is 8.18. The van der Waals surface area contributed by atoms with Crippen LogP contribution < -0.4 is 10.1 Å². The van der Waals surface area contributed by atoms with E-state index in [2.05, 4.69) is 5.32 Å². The minimum absolute atomic E-state index is 0.237. The average molecular weight is 408 g/mol. The molecule has 2 aromatic rings. The van der Waals surface area contributed by atoms with Crippen LogP contribution in [0.4, 0.5) is 4.79 Å². The van der Waals surface area contributed by atoms with Gasteiger partial charge in [0, 0.05) is 5.56 Å². The molecule has 1 saturated heterocycles. The van der Waals surface area contributed by atoms with Crippen molar-refractivity contribution < 1.29 is 19.1 Å². The number of hydrogen-bond acceptors (Lipinski definition) is 4. The SMILES string of the molecule is COc1ccc(CC[C@@]2(C)NC(=O)N(CC(=O)c3cc(C)c(C)cc3C)C2=O)cc1. The van der Waals surface area contributed by atoms with E-state index in [9.17, 15) is 14.4 Å². The predicted octanol–water partition coefficient (Wildman–Crippen LogP) is 3.75. The summed E-state index contributed by atoms with van der Waals surface area (Å²) in [6.07, 6.45) is 1.06. The lowest BCUT2D eigenvalue weighted by atomic mass is 9.93. The number of rotatable bonds is 7. The third-order valence-electron chi connectivity index (χ3n) is 5.86. The zero-order valence-electron chi connectivity index (χ0n) is 18.2. The molecule has 30 heavy (non-hydrogen) atoms. The highest BCUT2D eigenvalue weighted by Crippen LogP contribution is 2.25. The molecule has 0 aromatic heterocycles. The Morgan fingerprint density at radius 3 is 2.30 bits per heavy atom. The van der Waals surface area contributed by atoms with Crippen molar-refractivity contribution in [3.63, 3.8) is 0 Å². The highest BCUT2D eigenvalue weighted by atomic mass is 16.5. The third-order valence-corrected chi connectivity index (χ3v) is 5.86. The Labute approximate surface area is 177 Å². The van der Waals surface area contributed by atoms with Gasteiger partial charge in [-0.3, -0.25) is 14.5 Å². The quantitative estimate of drug-likeness (QED) is 0.559. The van der Waals surface area contributed by atoms with Gasteiger partial charge in [0.2, 0.25) is 0 Å². The molecule has 0 radical (unpaired) electrons. The van der Waals surface area contributed by atoms with Crippen LogP contribution in [0, 0.1) is 20.8 Å². The number of nitrogens with zero attached hydrogens (tertiary/aromatic N) is 1. The normalized spacial score (nSPS) is 18.5. The van der Waals surface area contributed by atoms with Crippen LogP contribution in [-0.2, 0) is 11.2 Å². The first-order chi connectivity index (χ1) is 14.1. The lowest BCUT2D eigenvalue weighted by molar-refractivity contribution is -0.130. The van der Waals surface area contributed by atoms with Crippen molar-refractivity contribution in [1.82, 2.24) is 10.2 Å².